The second kappa shape index (κ2) is 5.12. The standard InChI is InChI=1S/C16H21N3O/c1-11-10-14(18-19(11)5)15(20)17-13-9-7-6-8-12(13)16(2,3)4/h6-10H,1-5H3,(H,17,20). The average Bonchev–Trinajstić information content (AvgIpc) is 2.69. The van der Waals surface area contributed by atoms with Crippen LogP contribution >= 0.6 is 0 Å². The maximum Gasteiger partial charge on any atom is 0.276 e. The van der Waals surface area contributed by atoms with Crippen molar-refractivity contribution in [1.29, 1.82) is 0 Å². The van der Waals surface area contributed by atoms with Gasteiger partial charge in [0.2, 0.25) is 0 Å². The number of nitrogens with zero attached hydrogens (tertiary/aromatic N) is 2. The highest BCUT2D eigenvalue weighted by atomic mass is 16.1. The molecule has 4 nitrogen and oxygen atoms in total. The molecule has 0 aliphatic carbocycles. The molecule has 106 valence electrons. The van der Waals surface area contributed by atoms with Crippen LogP contribution in [0, 0.1) is 6.92 Å². The van der Waals surface area contributed by atoms with Gasteiger partial charge >= 0.3 is 0 Å². The summed E-state index contributed by atoms with van der Waals surface area (Å²) in [6.45, 7) is 8.31. The number of aryl methyl sites for hydroxylation is 2. The fourth-order valence-corrected chi connectivity index (χ4v) is 2.10. The van der Waals surface area contributed by atoms with E-state index in [0.29, 0.717) is 5.69 Å². The van der Waals surface area contributed by atoms with Gasteiger partial charge in [-0.25, -0.2) is 0 Å². The largest absolute Gasteiger partial charge is 0.320 e. The minimum atomic E-state index is -0.176. The number of rotatable bonds is 2. The van der Waals surface area contributed by atoms with Crippen LogP contribution in [0.25, 0.3) is 0 Å². The third kappa shape index (κ3) is 2.90. The Morgan fingerprint density at radius 3 is 2.45 bits per heavy atom. The van der Waals surface area contributed by atoms with Gasteiger partial charge in [0.05, 0.1) is 0 Å². The Bertz CT molecular complexity index is 616. The lowest BCUT2D eigenvalue weighted by molar-refractivity contribution is 0.102. The molecule has 20 heavy (non-hydrogen) atoms. The van der Waals surface area contributed by atoms with Crippen LogP contribution in [0.3, 0.4) is 0 Å². The van der Waals surface area contributed by atoms with Gasteiger partial charge in [-0.2, -0.15) is 5.10 Å². The highest BCUT2D eigenvalue weighted by molar-refractivity contribution is 6.03. The van der Waals surface area contributed by atoms with Gasteiger partial charge in [-0.3, -0.25) is 9.48 Å². The third-order valence-electron chi connectivity index (χ3n) is 3.33. The molecule has 0 aliphatic rings. The van der Waals surface area contributed by atoms with Crippen molar-refractivity contribution < 1.29 is 4.79 Å². The van der Waals surface area contributed by atoms with E-state index >= 15 is 0 Å². The summed E-state index contributed by atoms with van der Waals surface area (Å²) in [4.78, 5) is 12.3. The van der Waals surface area contributed by atoms with Crippen molar-refractivity contribution in [2.24, 2.45) is 7.05 Å². The summed E-state index contributed by atoms with van der Waals surface area (Å²) < 4.78 is 1.70. The molecule has 0 radical (unpaired) electrons. The number of hydrogen-bond acceptors (Lipinski definition) is 2. The molecule has 1 heterocycles. The molecule has 0 atom stereocenters. The van der Waals surface area contributed by atoms with Crippen LogP contribution < -0.4 is 5.32 Å². The van der Waals surface area contributed by atoms with Gasteiger partial charge in [-0.05, 0) is 30.0 Å². The molecule has 0 spiro atoms. The highest BCUT2D eigenvalue weighted by Crippen LogP contribution is 2.29. The SMILES string of the molecule is Cc1cc(C(=O)Nc2ccccc2C(C)(C)C)nn1C. The predicted octanol–water partition coefficient (Wildman–Crippen LogP) is 3.28. The van der Waals surface area contributed by atoms with Crippen LogP contribution in [-0.4, -0.2) is 15.7 Å². The molecule has 1 aromatic carbocycles. The second-order valence-corrected chi connectivity index (χ2v) is 6.04. The molecule has 0 fully saturated rings. The molecule has 0 bridgehead atoms. The van der Waals surface area contributed by atoms with Crippen molar-refractivity contribution in [3.63, 3.8) is 0 Å². The molecule has 4 heteroatoms. The zero-order chi connectivity index (χ0) is 14.9. The Balaban J connectivity index is 2.29. The lowest BCUT2D eigenvalue weighted by atomic mass is 9.86. The Labute approximate surface area is 119 Å². The Hall–Kier alpha value is -2.10. The van der Waals surface area contributed by atoms with Gasteiger partial charge < -0.3 is 5.32 Å². The maximum atomic E-state index is 12.3. The topological polar surface area (TPSA) is 46.9 Å². The molecule has 2 rings (SSSR count). The summed E-state index contributed by atoms with van der Waals surface area (Å²) in [5, 5.41) is 7.16. The summed E-state index contributed by atoms with van der Waals surface area (Å²) in [6, 6.07) is 9.66. The zero-order valence-electron chi connectivity index (χ0n) is 12.7. The van der Waals surface area contributed by atoms with Crippen LogP contribution in [0.4, 0.5) is 5.69 Å². The lowest BCUT2D eigenvalue weighted by Crippen LogP contribution is -2.19. The van der Waals surface area contributed by atoms with E-state index in [1.54, 1.807) is 10.7 Å². The summed E-state index contributed by atoms with van der Waals surface area (Å²) in [6.07, 6.45) is 0. The number of benzene rings is 1. The van der Waals surface area contributed by atoms with E-state index in [1.807, 2.05) is 38.2 Å². The van der Waals surface area contributed by atoms with E-state index < -0.39 is 0 Å². The quantitative estimate of drug-likeness (QED) is 0.911. The third-order valence-corrected chi connectivity index (χ3v) is 3.33. The van der Waals surface area contributed by atoms with Crippen LogP contribution in [0.2, 0.25) is 0 Å². The van der Waals surface area contributed by atoms with E-state index in [-0.39, 0.29) is 11.3 Å². The lowest BCUT2D eigenvalue weighted by Gasteiger charge is -2.22. The number of nitrogens with one attached hydrogen (secondary N) is 1. The molecule has 1 N–H and O–H groups in total. The first-order valence-electron chi connectivity index (χ1n) is 6.70. The van der Waals surface area contributed by atoms with Crippen molar-refractivity contribution in [2.75, 3.05) is 5.32 Å². The summed E-state index contributed by atoms with van der Waals surface area (Å²) in [5.41, 5.74) is 3.33. The minimum absolute atomic E-state index is 0.0239. The molecule has 0 aliphatic heterocycles. The van der Waals surface area contributed by atoms with Gasteiger partial charge in [0.25, 0.3) is 5.91 Å². The van der Waals surface area contributed by atoms with Gasteiger partial charge in [0.15, 0.2) is 5.69 Å². The van der Waals surface area contributed by atoms with Crippen molar-refractivity contribution in [3.05, 3.63) is 47.3 Å². The van der Waals surface area contributed by atoms with E-state index in [1.165, 1.54) is 0 Å². The van der Waals surface area contributed by atoms with Crippen molar-refractivity contribution in [1.82, 2.24) is 9.78 Å². The van der Waals surface area contributed by atoms with Crippen LogP contribution in [0.15, 0.2) is 30.3 Å². The van der Waals surface area contributed by atoms with Gasteiger partial charge in [-0.15, -0.1) is 0 Å². The minimum Gasteiger partial charge on any atom is -0.320 e. The van der Waals surface area contributed by atoms with E-state index in [9.17, 15) is 4.79 Å². The Morgan fingerprint density at radius 2 is 1.90 bits per heavy atom. The molecule has 0 saturated carbocycles. The smallest absolute Gasteiger partial charge is 0.276 e. The monoisotopic (exact) mass is 271 g/mol. The first-order chi connectivity index (χ1) is 9.29. The Morgan fingerprint density at radius 1 is 1.25 bits per heavy atom. The van der Waals surface area contributed by atoms with Crippen LogP contribution in [0.5, 0.6) is 0 Å². The van der Waals surface area contributed by atoms with E-state index in [2.05, 4.69) is 31.2 Å². The fourth-order valence-electron chi connectivity index (χ4n) is 2.10. The highest BCUT2D eigenvalue weighted by Gasteiger charge is 2.19. The second-order valence-electron chi connectivity index (χ2n) is 6.04. The first-order valence-corrected chi connectivity index (χ1v) is 6.70. The number of aromatic nitrogens is 2. The normalized spacial score (nSPS) is 11.4. The summed E-state index contributed by atoms with van der Waals surface area (Å²) in [5.74, 6) is -0.176. The number of carbonyl (C=O) groups excluding carboxylic acids is 1. The molecule has 0 unspecified atom stereocenters. The number of amides is 1. The fraction of sp³-hybridized carbons (Fsp3) is 0.375. The maximum absolute atomic E-state index is 12.3. The van der Waals surface area contributed by atoms with Crippen molar-refractivity contribution in [2.45, 2.75) is 33.1 Å². The van der Waals surface area contributed by atoms with Crippen LogP contribution in [-0.2, 0) is 12.5 Å². The number of anilines is 1. The summed E-state index contributed by atoms with van der Waals surface area (Å²) >= 11 is 0. The zero-order valence-corrected chi connectivity index (χ0v) is 12.7. The molecule has 1 amide bonds. The number of carbonyl (C=O) groups is 1. The predicted molar refractivity (Wildman–Crippen MR) is 81.0 cm³/mol. The van der Waals surface area contributed by atoms with Crippen molar-refractivity contribution >= 4 is 11.6 Å². The van der Waals surface area contributed by atoms with E-state index in [4.69, 9.17) is 0 Å². The first kappa shape index (κ1) is 14.3. The molecular formula is C16H21N3O. The van der Waals surface area contributed by atoms with Gasteiger partial charge in [0.1, 0.15) is 0 Å². The molecule has 0 saturated heterocycles. The molecular weight excluding hydrogens is 250 g/mol. The van der Waals surface area contributed by atoms with E-state index in [0.717, 1.165) is 16.9 Å². The summed E-state index contributed by atoms with van der Waals surface area (Å²) in [7, 11) is 1.83. The molecule has 2 aromatic rings. The molecule has 1 aromatic heterocycles. The average molecular weight is 271 g/mol. The van der Waals surface area contributed by atoms with Gasteiger partial charge in [-0.1, -0.05) is 39.0 Å². The number of hydrogen-bond donors (Lipinski definition) is 1. The van der Waals surface area contributed by atoms with Crippen LogP contribution in [0.1, 0.15) is 42.5 Å². The Kier molecular flexibility index (Phi) is 3.66. The van der Waals surface area contributed by atoms with Crippen molar-refractivity contribution in [3.8, 4) is 0 Å². The number of para-hydroxylation sites is 1. The van der Waals surface area contributed by atoms with Gasteiger partial charge in [0, 0.05) is 18.4 Å².